The highest BCUT2D eigenvalue weighted by molar-refractivity contribution is 5.74. The minimum atomic E-state index is -0.00920. The molecule has 2 N–H and O–H groups in total. The lowest BCUT2D eigenvalue weighted by Crippen LogP contribution is -2.50. The quantitative estimate of drug-likeness (QED) is 0.859. The Balaban J connectivity index is 1.94. The van der Waals surface area contributed by atoms with Crippen LogP contribution in [0.15, 0.2) is 18.2 Å². The van der Waals surface area contributed by atoms with Crippen molar-refractivity contribution in [3.8, 4) is 5.75 Å². The van der Waals surface area contributed by atoms with Gasteiger partial charge in [-0.25, -0.2) is 4.79 Å². The van der Waals surface area contributed by atoms with Crippen molar-refractivity contribution in [1.82, 2.24) is 15.5 Å². The van der Waals surface area contributed by atoms with Gasteiger partial charge in [-0.15, -0.1) is 0 Å². The largest absolute Gasteiger partial charge is 0.496 e. The number of piperazine rings is 1. The third-order valence-corrected chi connectivity index (χ3v) is 3.27. The summed E-state index contributed by atoms with van der Waals surface area (Å²) in [5.74, 6) is 0.811. The number of aryl methyl sites for hydroxylation is 1. The van der Waals surface area contributed by atoms with Crippen LogP contribution in [0, 0.1) is 6.92 Å². The Bertz CT molecular complexity index is 442. The van der Waals surface area contributed by atoms with Gasteiger partial charge in [0.2, 0.25) is 0 Å². The van der Waals surface area contributed by atoms with E-state index in [-0.39, 0.29) is 6.03 Å². The number of amides is 2. The number of hydrogen-bond acceptors (Lipinski definition) is 3. The SMILES string of the molecule is COc1ccc(C)cc1CNC(=O)N1CCNCC1. The number of ether oxygens (including phenoxy) is 1. The van der Waals surface area contributed by atoms with Crippen LogP contribution in [0.1, 0.15) is 11.1 Å². The van der Waals surface area contributed by atoms with Crippen LogP contribution in [0.25, 0.3) is 0 Å². The summed E-state index contributed by atoms with van der Waals surface area (Å²) in [5, 5.41) is 6.18. The van der Waals surface area contributed by atoms with Gasteiger partial charge in [0.25, 0.3) is 0 Å². The van der Waals surface area contributed by atoms with Crippen molar-refractivity contribution < 1.29 is 9.53 Å². The highest BCUT2D eigenvalue weighted by Gasteiger charge is 2.16. The summed E-state index contributed by atoms with van der Waals surface area (Å²) in [6.45, 7) is 5.77. The second-order valence-electron chi connectivity index (χ2n) is 4.71. The van der Waals surface area contributed by atoms with Gasteiger partial charge in [0.05, 0.1) is 7.11 Å². The molecule has 0 spiro atoms. The van der Waals surface area contributed by atoms with E-state index in [1.54, 1.807) is 7.11 Å². The first-order valence-electron chi connectivity index (χ1n) is 6.57. The second kappa shape index (κ2) is 6.43. The summed E-state index contributed by atoms with van der Waals surface area (Å²) >= 11 is 0. The van der Waals surface area contributed by atoms with Gasteiger partial charge in [-0.05, 0) is 13.0 Å². The summed E-state index contributed by atoms with van der Waals surface area (Å²) in [4.78, 5) is 13.8. The molecule has 0 aliphatic carbocycles. The summed E-state index contributed by atoms with van der Waals surface area (Å²) in [6, 6.07) is 5.96. The number of benzene rings is 1. The van der Waals surface area contributed by atoms with Crippen molar-refractivity contribution in [2.75, 3.05) is 33.3 Å². The molecule has 0 aromatic heterocycles. The van der Waals surface area contributed by atoms with Crippen molar-refractivity contribution in [2.45, 2.75) is 13.5 Å². The third-order valence-electron chi connectivity index (χ3n) is 3.27. The van der Waals surface area contributed by atoms with Crippen LogP contribution < -0.4 is 15.4 Å². The van der Waals surface area contributed by atoms with E-state index in [1.165, 1.54) is 0 Å². The Hall–Kier alpha value is -1.75. The van der Waals surface area contributed by atoms with Crippen LogP contribution in [0.4, 0.5) is 4.79 Å². The molecule has 2 amide bonds. The fourth-order valence-electron chi connectivity index (χ4n) is 2.20. The molecule has 19 heavy (non-hydrogen) atoms. The maximum Gasteiger partial charge on any atom is 0.317 e. The second-order valence-corrected chi connectivity index (χ2v) is 4.71. The smallest absolute Gasteiger partial charge is 0.317 e. The van der Waals surface area contributed by atoms with Gasteiger partial charge in [0, 0.05) is 38.3 Å². The average molecular weight is 263 g/mol. The lowest BCUT2D eigenvalue weighted by Gasteiger charge is -2.27. The van der Waals surface area contributed by atoms with Crippen molar-refractivity contribution >= 4 is 6.03 Å². The highest BCUT2D eigenvalue weighted by atomic mass is 16.5. The summed E-state index contributed by atoms with van der Waals surface area (Å²) in [7, 11) is 1.65. The molecule has 104 valence electrons. The van der Waals surface area contributed by atoms with Crippen LogP contribution in [0.5, 0.6) is 5.75 Å². The maximum absolute atomic E-state index is 12.0. The van der Waals surface area contributed by atoms with Crippen LogP contribution in [-0.2, 0) is 6.54 Å². The highest BCUT2D eigenvalue weighted by Crippen LogP contribution is 2.19. The molecule has 0 unspecified atom stereocenters. The summed E-state index contributed by atoms with van der Waals surface area (Å²) in [5.41, 5.74) is 2.17. The zero-order valence-corrected chi connectivity index (χ0v) is 11.5. The lowest BCUT2D eigenvalue weighted by molar-refractivity contribution is 0.189. The van der Waals surface area contributed by atoms with Crippen molar-refractivity contribution in [2.24, 2.45) is 0 Å². The van der Waals surface area contributed by atoms with Crippen LogP contribution in [-0.4, -0.2) is 44.2 Å². The molecule has 1 aliphatic heterocycles. The first kappa shape index (κ1) is 13.7. The molecule has 5 heteroatoms. The Morgan fingerprint density at radius 3 is 2.84 bits per heavy atom. The van der Waals surface area contributed by atoms with Crippen LogP contribution >= 0.6 is 0 Å². The zero-order valence-electron chi connectivity index (χ0n) is 11.5. The normalized spacial score (nSPS) is 15.2. The molecule has 0 atom stereocenters. The summed E-state index contributed by atoms with van der Waals surface area (Å²) < 4.78 is 5.30. The fourth-order valence-corrected chi connectivity index (χ4v) is 2.20. The topological polar surface area (TPSA) is 53.6 Å². The number of carbonyl (C=O) groups is 1. The molecule has 1 fully saturated rings. The molecule has 1 aromatic carbocycles. The Morgan fingerprint density at radius 2 is 2.16 bits per heavy atom. The fraction of sp³-hybridized carbons (Fsp3) is 0.500. The van der Waals surface area contributed by atoms with Crippen LogP contribution in [0.3, 0.4) is 0 Å². The number of nitrogens with zero attached hydrogens (tertiary/aromatic N) is 1. The number of urea groups is 1. The van der Waals surface area contributed by atoms with E-state index in [9.17, 15) is 4.79 Å². The van der Waals surface area contributed by atoms with Crippen molar-refractivity contribution in [1.29, 1.82) is 0 Å². The van der Waals surface area contributed by atoms with E-state index in [2.05, 4.69) is 10.6 Å². The predicted molar refractivity (Wildman–Crippen MR) is 74.4 cm³/mol. The van der Waals surface area contributed by atoms with Gasteiger partial charge >= 0.3 is 6.03 Å². The van der Waals surface area contributed by atoms with Gasteiger partial charge in [-0.2, -0.15) is 0 Å². The number of carbonyl (C=O) groups excluding carboxylic acids is 1. The van der Waals surface area contributed by atoms with Gasteiger partial charge < -0.3 is 20.3 Å². The first-order valence-corrected chi connectivity index (χ1v) is 6.57. The van der Waals surface area contributed by atoms with Gasteiger partial charge in [-0.3, -0.25) is 0 Å². The number of nitrogens with one attached hydrogen (secondary N) is 2. The molecule has 5 nitrogen and oxygen atoms in total. The molecule has 1 heterocycles. The predicted octanol–water partition coefficient (Wildman–Crippen LogP) is 1.12. The molecule has 1 aromatic rings. The Labute approximate surface area is 113 Å². The van der Waals surface area contributed by atoms with E-state index < -0.39 is 0 Å². The third kappa shape index (κ3) is 3.61. The minimum absolute atomic E-state index is 0.00920. The van der Waals surface area contributed by atoms with Gasteiger partial charge in [0.15, 0.2) is 0 Å². The summed E-state index contributed by atoms with van der Waals surface area (Å²) in [6.07, 6.45) is 0. The molecule has 0 saturated carbocycles. The Morgan fingerprint density at radius 1 is 1.42 bits per heavy atom. The van der Waals surface area contributed by atoms with E-state index in [0.717, 1.165) is 43.1 Å². The molecule has 1 aliphatic rings. The first-order chi connectivity index (χ1) is 9.20. The van der Waals surface area contributed by atoms with E-state index in [0.29, 0.717) is 6.54 Å². The van der Waals surface area contributed by atoms with Gasteiger partial charge in [-0.1, -0.05) is 17.7 Å². The van der Waals surface area contributed by atoms with E-state index in [4.69, 9.17) is 4.74 Å². The monoisotopic (exact) mass is 263 g/mol. The van der Waals surface area contributed by atoms with E-state index >= 15 is 0 Å². The van der Waals surface area contributed by atoms with E-state index in [1.807, 2.05) is 30.0 Å². The number of hydrogen-bond donors (Lipinski definition) is 2. The molecule has 0 bridgehead atoms. The van der Waals surface area contributed by atoms with Crippen LogP contribution in [0.2, 0.25) is 0 Å². The number of methoxy groups -OCH3 is 1. The standard InChI is InChI=1S/C14H21N3O2/c1-11-3-4-13(19-2)12(9-11)10-16-14(18)17-7-5-15-6-8-17/h3-4,9,15H,5-8,10H2,1-2H3,(H,16,18). The molecular formula is C14H21N3O2. The molecule has 1 saturated heterocycles. The molecule has 2 rings (SSSR count). The van der Waals surface area contributed by atoms with Crippen molar-refractivity contribution in [3.05, 3.63) is 29.3 Å². The maximum atomic E-state index is 12.0. The number of rotatable bonds is 3. The Kier molecular flexibility index (Phi) is 4.63. The zero-order chi connectivity index (χ0) is 13.7. The minimum Gasteiger partial charge on any atom is -0.496 e. The molecule has 0 radical (unpaired) electrons. The molecular weight excluding hydrogens is 242 g/mol. The average Bonchev–Trinajstić information content (AvgIpc) is 2.46. The van der Waals surface area contributed by atoms with Gasteiger partial charge in [0.1, 0.15) is 5.75 Å². The lowest BCUT2D eigenvalue weighted by atomic mass is 10.1. The van der Waals surface area contributed by atoms with Crippen molar-refractivity contribution in [3.63, 3.8) is 0 Å².